The maximum absolute atomic E-state index is 12.1. The first-order valence-corrected chi connectivity index (χ1v) is 9.08. The van der Waals surface area contributed by atoms with Crippen LogP contribution in [0, 0.1) is 0 Å². The molecule has 2 aromatic carbocycles. The van der Waals surface area contributed by atoms with Crippen LogP contribution < -0.4 is 10.9 Å². The van der Waals surface area contributed by atoms with Crippen LogP contribution in [0.2, 0.25) is 0 Å². The van der Waals surface area contributed by atoms with Crippen molar-refractivity contribution in [2.45, 2.75) is 12.3 Å². The van der Waals surface area contributed by atoms with Crippen LogP contribution in [0.15, 0.2) is 59.4 Å². The minimum absolute atomic E-state index is 0.0815. The summed E-state index contributed by atoms with van der Waals surface area (Å²) in [4.78, 5) is 15.0. The Morgan fingerprint density at radius 3 is 2.74 bits per heavy atom. The molecule has 0 fully saturated rings. The van der Waals surface area contributed by atoms with Crippen LogP contribution >= 0.6 is 0 Å². The maximum atomic E-state index is 12.1. The second kappa shape index (κ2) is 6.79. The molecule has 1 heterocycles. The summed E-state index contributed by atoms with van der Waals surface area (Å²) >= 11 is 0. The van der Waals surface area contributed by atoms with Crippen LogP contribution in [0.1, 0.15) is 11.1 Å². The summed E-state index contributed by atoms with van der Waals surface area (Å²) < 4.78 is 11.3. The van der Waals surface area contributed by atoms with E-state index in [1.165, 1.54) is 0 Å². The van der Waals surface area contributed by atoms with Crippen LogP contribution in [-0.2, 0) is 23.1 Å². The van der Waals surface area contributed by atoms with E-state index in [9.17, 15) is 9.00 Å². The number of benzene rings is 2. The molecule has 118 valence electrons. The zero-order valence-electron chi connectivity index (χ0n) is 12.8. The fourth-order valence-corrected chi connectivity index (χ4v) is 3.18. The normalized spacial score (nSPS) is 12.2. The van der Waals surface area contributed by atoms with Gasteiger partial charge in [0.25, 0.3) is 5.56 Å². The van der Waals surface area contributed by atoms with Crippen molar-refractivity contribution in [2.75, 3.05) is 11.6 Å². The highest BCUT2D eigenvalue weighted by molar-refractivity contribution is 7.83. The molecule has 0 aliphatic rings. The molecule has 3 rings (SSSR count). The first-order valence-electron chi connectivity index (χ1n) is 7.35. The van der Waals surface area contributed by atoms with Crippen LogP contribution in [0.4, 0.5) is 5.69 Å². The molecule has 3 aromatic rings. The highest BCUT2D eigenvalue weighted by atomic mass is 32.2. The van der Waals surface area contributed by atoms with E-state index in [-0.39, 0.29) is 5.56 Å². The van der Waals surface area contributed by atoms with Crippen LogP contribution in [0.3, 0.4) is 0 Å². The van der Waals surface area contributed by atoms with Gasteiger partial charge in [-0.15, -0.1) is 0 Å². The lowest BCUT2D eigenvalue weighted by atomic mass is 10.1. The summed E-state index contributed by atoms with van der Waals surface area (Å²) in [5.74, 6) is 0.534. The van der Waals surface area contributed by atoms with Crippen molar-refractivity contribution >= 4 is 27.4 Å². The molecule has 5 heteroatoms. The molecule has 0 radical (unpaired) electrons. The summed E-state index contributed by atoms with van der Waals surface area (Å²) in [6, 6.07) is 17.4. The lowest BCUT2D eigenvalue weighted by Crippen LogP contribution is -2.15. The average molecular weight is 326 g/mol. The number of anilines is 1. The van der Waals surface area contributed by atoms with Gasteiger partial charge in [-0.25, -0.2) is 0 Å². The molecule has 0 amide bonds. The van der Waals surface area contributed by atoms with Gasteiger partial charge >= 0.3 is 0 Å². The van der Waals surface area contributed by atoms with E-state index in [2.05, 4.69) is 10.3 Å². The first kappa shape index (κ1) is 15.5. The Bertz CT molecular complexity index is 918. The molecule has 0 bridgehead atoms. The number of H-pyrrole nitrogens is 1. The molecule has 4 nitrogen and oxygen atoms in total. The third-order valence-electron chi connectivity index (χ3n) is 3.61. The molecular weight excluding hydrogens is 308 g/mol. The standard InChI is InChI=1S/C18H18N2O2S/c1-23(22)12-13-5-4-7-16(9-13)19-11-15-10-14-6-2-3-8-17(14)20-18(15)21/h2-10,19H,11-12H2,1H3,(H,20,21)/t23-/m1/s1. The molecule has 0 saturated carbocycles. The minimum Gasteiger partial charge on any atom is -0.381 e. The Kier molecular flexibility index (Phi) is 4.57. The molecule has 0 spiro atoms. The number of nitrogens with one attached hydrogen (secondary N) is 2. The molecule has 0 aliphatic carbocycles. The molecule has 0 unspecified atom stereocenters. The fourth-order valence-electron chi connectivity index (χ4n) is 2.53. The topological polar surface area (TPSA) is 62.0 Å². The van der Waals surface area contributed by atoms with E-state index in [1.807, 2.05) is 54.6 Å². The lowest BCUT2D eigenvalue weighted by Gasteiger charge is -2.08. The number of aromatic nitrogens is 1. The van der Waals surface area contributed by atoms with Gasteiger partial charge in [-0.1, -0.05) is 30.3 Å². The Balaban J connectivity index is 1.79. The number of hydrogen-bond donors (Lipinski definition) is 2. The van der Waals surface area contributed by atoms with Crippen molar-refractivity contribution in [3.8, 4) is 0 Å². The van der Waals surface area contributed by atoms with E-state index in [0.29, 0.717) is 17.9 Å². The molecule has 1 aromatic heterocycles. The van der Waals surface area contributed by atoms with Crippen LogP contribution in [-0.4, -0.2) is 15.4 Å². The van der Waals surface area contributed by atoms with Crippen molar-refractivity contribution in [1.29, 1.82) is 0 Å². The summed E-state index contributed by atoms with van der Waals surface area (Å²) in [7, 11) is -0.867. The van der Waals surface area contributed by atoms with Crippen molar-refractivity contribution in [3.63, 3.8) is 0 Å². The predicted molar refractivity (Wildman–Crippen MR) is 96.1 cm³/mol. The van der Waals surface area contributed by atoms with Crippen molar-refractivity contribution in [1.82, 2.24) is 4.98 Å². The van der Waals surface area contributed by atoms with Gasteiger partial charge in [0.2, 0.25) is 0 Å². The quantitative estimate of drug-likeness (QED) is 0.757. The van der Waals surface area contributed by atoms with Gasteiger partial charge in [-0.3, -0.25) is 9.00 Å². The van der Waals surface area contributed by atoms with Gasteiger partial charge in [0.1, 0.15) is 0 Å². The third-order valence-corrected chi connectivity index (χ3v) is 4.35. The van der Waals surface area contributed by atoms with E-state index in [0.717, 1.165) is 22.2 Å². The first-order chi connectivity index (χ1) is 11.1. The van der Waals surface area contributed by atoms with Gasteiger partial charge in [0.05, 0.1) is 0 Å². The van der Waals surface area contributed by atoms with E-state index in [1.54, 1.807) is 6.26 Å². The molecule has 2 N–H and O–H groups in total. The summed E-state index contributed by atoms with van der Waals surface area (Å²) in [6.07, 6.45) is 1.69. The predicted octanol–water partition coefficient (Wildman–Crippen LogP) is 3.02. The van der Waals surface area contributed by atoms with Crippen molar-refractivity contribution in [2.24, 2.45) is 0 Å². The molecule has 23 heavy (non-hydrogen) atoms. The van der Waals surface area contributed by atoms with Crippen LogP contribution in [0.25, 0.3) is 10.9 Å². The van der Waals surface area contributed by atoms with Gasteiger partial charge in [0, 0.05) is 46.1 Å². The average Bonchev–Trinajstić information content (AvgIpc) is 2.52. The van der Waals surface area contributed by atoms with Gasteiger partial charge < -0.3 is 10.3 Å². The van der Waals surface area contributed by atoms with Gasteiger partial charge in [-0.05, 0) is 35.2 Å². The Morgan fingerprint density at radius 2 is 1.91 bits per heavy atom. The second-order valence-electron chi connectivity index (χ2n) is 5.48. The van der Waals surface area contributed by atoms with E-state index < -0.39 is 10.8 Å². The Morgan fingerprint density at radius 1 is 1.09 bits per heavy atom. The SMILES string of the molecule is C[S@@](=O)Cc1cccc(NCc2cc3ccccc3[nH]c2=O)c1. The van der Waals surface area contributed by atoms with Crippen molar-refractivity contribution < 1.29 is 4.21 Å². The smallest absolute Gasteiger partial charge is 0.253 e. The number of fused-ring (bicyclic) bond motifs is 1. The number of para-hydroxylation sites is 1. The molecule has 0 saturated heterocycles. The third kappa shape index (κ3) is 3.87. The highest BCUT2D eigenvalue weighted by Gasteiger charge is 2.03. The lowest BCUT2D eigenvalue weighted by molar-refractivity contribution is 0.686. The summed E-state index contributed by atoms with van der Waals surface area (Å²) in [5.41, 5.74) is 3.38. The highest BCUT2D eigenvalue weighted by Crippen LogP contribution is 2.14. The monoisotopic (exact) mass is 326 g/mol. The number of aromatic amines is 1. The zero-order valence-corrected chi connectivity index (χ0v) is 13.7. The summed E-state index contributed by atoms with van der Waals surface area (Å²) in [6.45, 7) is 0.443. The van der Waals surface area contributed by atoms with Crippen molar-refractivity contribution in [3.05, 3.63) is 76.1 Å². The zero-order chi connectivity index (χ0) is 16.2. The Labute approximate surface area is 137 Å². The van der Waals surface area contributed by atoms with E-state index >= 15 is 0 Å². The number of hydrogen-bond acceptors (Lipinski definition) is 3. The molecule has 1 atom stereocenters. The van der Waals surface area contributed by atoms with E-state index in [4.69, 9.17) is 0 Å². The Hall–Kier alpha value is -2.40. The van der Waals surface area contributed by atoms with Gasteiger partial charge in [-0.2, -0.15) is 0 Å². The number of rotatable bonds is 5. The van der Waals surface area contributed by atoms with Crippen LogP contribution in [0.5, 0.6) is 0 Å². The fraction of sp³-hybridized carbons (Fsp3) is 0.167. The summed E-state index contributed by atoms with van der Waals surface area (Å²) in [5, 5.41) is 4.27. The largest absolute Gasteiger partial charge is 0.381 e. The molecule has 0 aliphatic heterocycles. The number of pyridine rings is 1. The van der Waals surface area contributed by atoms with Gasteiger partial charge in [0.15, 0.2) is 0 Å². The second-order valence-corrected chi connectivity index (χ2v) is 6.92. The minimum atomic E-state index is -0.867. The maximum Gasteiger partial charge on any atom is 0.253 e. The molecular formula is C18H18N2O2S.